The van der Waals surface area contributed by atoms with E-state index in [9.17, 15) is 9.59 Å². The SMILES string of the molecule is Cc1noc(N)c1C(=O)OC(C)C(=O)Nc1ccc(C#N)c(Cl)c1. The topological polar surface area (TPSA) is 131 Å². The number of nitriles is 1. The molecule has 124 valence electrons. The smallest absolute Gasteiger partial charge is 0.346 e. The lowest BCUT2D eigenvalue weighted by atomic mass is 10.2. The second kappa shape index (κ2) is 7.02. The van der Waals surface area contributed by atoms with E-state index < -0.39 is 18.0 Å². The largest absolute Gasteiger partial charge is 0.449 e. The van der Waals surface area contributed by atoms with Crippen LogP contribution in [0.25, 0.3) is 0 Å². The van der Waals surface area contributed by atoms with Gasteiger partial charge in [-0.2, -0.15) is 5.26 Å². The molecule has 0 bridgehead atoms. The zero-order valence-electron chi connectivity index (χ0n) is 12.8. The Morgan fingerprint density at radius 3 is 2.75 bits per heavy atom. The number of amides is 1. The number of hydrogen-bond acceptors (Lipinski definition) is 7. The minimum absolute atomic E-state index is 0.0175. The van der Waals surface area contributed by atoms with Crippen LogP contribution in [-0.4, -0.2) is 23.1 Å². The summed E-state index contributed by atoms with van der Waals surface area (Å²) >= 11 is 5.89. The number of anilines is 2. The predicted molar refractivity (Wildman–Crippen MR) is 85.3 cm³/mol. The summed E-state index contributed by atoms with van der Waals surface area (Å²) in [6.45, 7) is 2.93. The zero-order valence-corrected chi connectivity index (χ0v) is 13.5. The summed E-state index contributed by atoms with van der Waals surface area (Å²) in [6.07, 6.45) is -1.10. The molecule has 1 aromatic carbocycles. The van der Waals surface area contributed by atoms with Crippen LogP contribution >= 0.6 is 11.6 Å². The molecule has 0 fully saturated rings. The molecule has 2 aromatic rings. The monoisotopic (exact) mass is 348 g/mol. The highest BCUT2D eigenvalue weighted by atomic mass is 35.5. The van der Waals surface area contributed by atoms with Gasteiger partial charge in [0.25, 0.3) is 5.91 Å². The Morgan fingerprint density at radius 2 is 2.21 bits per heavy atom. The Kier molecular flexibility index (Phi) is 5.06. The molecule has 0 aliphatic carbocycles. The number of carbonyl (C=O) groups is 2. The Morgan fingerprint density at radius 1 is 1.50 bits per heavy atom. The van der Waals surface area contributed by atoms with Crippen LogP contribution in [0.5, 0.6) is 0 Å². The number of halogens is 1. The fourth-order valence-corrected chi connectivity index (χ4v) is 2.06. The molecule has 0 spiro atoms. The van der Waals surface area contributed by atoms with Gasteiger partial charge in [0, 0.05) is 5.69 Å². The van der Waals surface area contributed by atoms with E-state index in [1.54, 1.807) is 0 Å². The summed E-state index contributed by atoms with van der Waals surface area (Å²) in [5, 5.41) is 15.1. The first kappa shape index (κ1) is 17.3. The van der Waals surface area contributed by atoms with Crippen molar-refractivity contribution in [2.75, 3.05) is 11.1 Å². The summed E-state index contributed by atoms with van der Waals surface area (Å²) in [5.41, 5.74) is 6.39. The lowest BCUT2D eigenvalue weighted by molar-refractivity contribution is -0.123. The third-order valence-corrected chi connectivity index (χ3v) is 3.42. The molecule has 24 heavy (non-hydrogen) atoms. The molecule has 0 radical (unpaired) electrons. The number of nitrogens with two attached hydrogens (primary N) is 1. The van der Waals surface area contributed by atoms with Crippen molar-refractivity contribution in [3.8, 4) is 6.07 Å². The third-order valence-electron chi connectivity index (χ3n) is 3.10. The number of rotatable bonds is 4. The fraction of sp³-hybridized carbons (Fsp3) is 0.200. The molecule has 1 unspecified atom stereocenters. The van der Waals surface area contributed by atoms with Gasteiger partial charge >= 0.3 is 5.97 Å². The summed E-state index contributed by atoms with van der Waals surface area (Å²) in [5.74, 6) is -1.56. The summed E-state index contributed by atoms with van der Waals surface area (Å²) in [4.78, 5) is 24.1. The number of hydrogen-bond donors (Lipinski definition) is 2. The zero-order chi connectivity index (χ0) is 17.9. The number of carbonyl (C=O) groups excluding carboxylic acids is 2. The predicted octanol–water partition coefficient (Wildman–Crippen LogP) is 2.27. The van der Waals surface area contributed by atoms with Crippen molar-refractivity contribution in [3.05, 3.63) is 40.0 Å². The average Bonchev–Trinajstić information content (AvgIpc) is 2.86. The van der Waals surface area contributed by atoms with Gasteiger partial charge in [-0.25, -0.2) is 4.79 Å². The highest BCUT2D eigenvalue weighted by Crippen LogP contribution is 2.21. The van der Waals surface area contributed by atoms with E-state index in [-0.39, 0.29) is 27.7 Å². The van der Waals surface area contributed by atoms with E-state index in [2.05, 4.69) is 15.0 Å². The van der Waals surface area contributed by atoms with E-state index in [0.29, 0.717) is 5.69 Å². The molecule has 1 heterocycles. The number of aryl methyl sites for hydroxylation is 1. The maximum absolute atomic E-state index is 12.1. The number of nitrogens with zero attached hydrogens (tertiary/aromatic N) is 2. The molecule has 1 amide bonds. The molecular formula is C15H13ClN4O4. The van der Waals surface area contributed by atoms with E-state index in [1.165, 1.54) is 32.0 Å². The van der Waals surface area contributed by atoms with Crippen molar-refractivity contribution < 1.29 is 18.8 Å². The van der Waals surface area contributed by atoms with E-state index >= 15 is 0 Å². The first-order valence-electron chi connectivity index (χ1n) is 6.76. The molecule has 8 nitrogen and oxygen atoms in total. The molecule has 0 aliphatic heterocycles. The van der Waals surface area contributed by atoms with Gasteiger partial charge in [-0.15, -0.1) is 0 Å². The molecule has 0 saturated heterocycles. The number of aromatic nitrogens is 1. The molecule has 0 aliphatic rings. The summed E-state index contributed by atoms with van der Waals surface area (Å²) < 4.78 is 9.72. The molecule has 9 heteroatoms. The van der Waals surface area contributed by atoms with Crippen molar-refractivity contribution >= 4 is 35.0 Å². The highest BCUT2D eigenvalue weighted by Gasteiger charge is 2.25. The first-order valence-corrected chi connectivity index (χ1v) is 7.14. The van der Waals surface area contributed by atoms with Crippen molar-refractivity contribution in [1.82, 2.24) is 5.16 Å². The number of ether oxygens (including phenoxy) is 1. The molecule has 0 saturated carbocycles. The van der Waals surface area contributed by atoms with Crippen LogP contribution in [-0.2, 0) is 9.53 Å². The Bertz CT molecular complexity index is 821. The van der Waals surface area contributed by atoms with Gasteiger partial charge in [-0.05, 0) is 32.0 Å². The summed E-state index contributed by atoms with van der Waals surface area (Å²) in [7, 11) is 0. The molecule has 1 aromatic heterocycles. The number of nitrogen functional groups attached to an aromatic ring is 1. The van der Waals surface area contributed by atoms with Crippen LogP contribution in [0.2, 0.25) is 5.02 Å². The maximum Gasteiger partial charge on any atom is 0.346 e. The van der Waals surface area contributed by atoms with Crippen molar-refractivity contribution in [2.24, 2.45) is 0 Å². The van der Waals surface area contributed by atoms with Crippen LogP contribution in [0.1, 0.15) is 28.5 Å². The van der Waals surface area contributed by atoms with Crippen LogP contribution < -0.4 is 11.1 Å². The van der Waals surface area contributed by atoms with E-state index in [0.717, 1.165) is 0 Å². The third kappa shape index (κ3) is 3.64. The molecule has 2 rings (SSSR count). The van der Waals surface area contributed by atoms with Crippen molar-refractivity contribution in [1.29, 1.82) is 5.26 Å². The molecular weight excluding hydrogens is 336 g/mol. The lowest BCUT2D eigenvalue weighted by Gasteiger charge is -2.13. The number of nitrogens with one attached hydrogen (secondary N) is 1. The van der Waals surface area contributed by atoms with Gasteiger partial charge in [0.05, 0.1) is 16.3 Å². The van der Waals surface area contributed by atoms with Gasteiger partial charge in [-0.3, -0.25) is 4.79 Å². The van der Waals surface area contributed by atoms with Gasteiger partial charge in [-0.1, -0.05) is 16.8 Å². The number of esters is 1. The van der Waals surface area contributed by atoms with Crippen LogP contribution in [0.15, 0.2) is 22.7 Å². The van der Waals surface area contributed by atoms with Gasteiger partial charge in [0.1, 0.15) is 11.6 Å². The minimum Gasteiger partial charge on any atom is -0.449 e. The standard InChI is InChI=1S/C15H13ClN4O4/c1-7-12(13(18)24-20-7)15(22)23-8(2)14(21)19-10-4-3-9(6-17)11(16)5-10/h3-5,8H,18H2,1-2H3,(H,19,21). The van der Waals surface area contributed by atoms with Crippen molar-refractivity contribution in [2.45, 2.75) is 20.0 Å². The fourth-order valence-electron chi connectivity index (χ4n) is 1.84. The van der Waals surface area contributed by atoms with Crippen LogP contribution in [0.3, 0.4) is 0 Å². The van der Waals surface area contributed by atoms with Crippen LogP contribution in [0, 0.1) is 18.3 Å². The van der Waals surface area contributed by atoms with Gasteiger partial charge < -0.3 is 20.3 Å². The quantitative estimate of drug-likeness (QED) is 0.810. The van der Waals surface area contributed by atoms with E-state index in [1.807, 2.05) is 6.07 Å². The molecule has 3 N–H and O–H groups in total. The van der Waals surface area contributed by atoms with Gasteiger partial charge in [0.15, 0.2) is 6.10 Å². The molecule has 1 atom stereocenters. The minimum atomic E-state index is -1.10. The van der Waals surface area contributed by atoms with Crippen molar-refractivity contribution in [3.63, 3.8) is 0 Å². The second-order valence-electron chi connectivity index (χ2n) is 4.85. The van der Waals surface area contributed by atoms with Gasteiger partial charge in [0.2, 0.25) is 5.88 Å². The lowest BCUT2D eigenvalue weighted by Crippen LogP contribution is -2.30. The Labute approximate surface area is 142 Å². The maximum atomic E-state index is 12.1. The Hall–Kier alpha value is -3.05. The Balaban J connectivity index is 2.04. The first-order chi connectivity index (χ1) is 11.3. The average molecular weight is 349 g/mol. The summed E-state index contributed by atoms with van der Waals surface area (Å²) in [6, 6.07) is 6.32. The second-order valence-corrected chi connectivity index (χ2v) is 5.26. The van der Waals surface area contributed by atoms with E-state index in [4.69, 9.17) is 27.3 Å². The number of benzene rings is 1. The highest BCUT2D eigenvalue weighted by molar-refractivity contribution is 6.32. The normalized spacial score (nSPS) is 11.4. The van der Waals surface area contributed by atoms with Crippen LogP contribution in [0.4, 0.5) is 11.6 Å².